The molecule has 56 heavy (non-hydrogen) atoms. The number of fused-ring (bicyclic) bond motifs is 10. The smallest absolute Gasteiger partial charge is 0.227 e. The first-order chi connectivity index (χ1) is 27.8. The Morgan fingerprint density at radius 3 is 1.77 bits per heavy atom. The molecule has 0 saturated carbocycles. The summed E-state index contributed by atoms with van der Waals surface area (Å²) in [6, 6.07) is 69.9. The lowest BCUT2D eigenvalue weighted by molar-refractivity contribution is 0.623. The van der Waals surface area contributed by atoms with Crippen molar-refractivity contribution >= 4 is 76.0 Å². The Balaban J connectivity index is 1.13. The first-order valence-electron chi connectivity index (χ1n) is 19.1. The molecule has 0 amide bonds. The van der Waals surface area contributed by atoms with Crippen LogP contribution in [0.15, 0.2) is 199 Å². The summed E-state index contributed by atoms with van der Waals surface area (Å²) in [5, 5.41) is 12.0. The normalized spacial score (nSPS) is 11.9. The molecular weight excluding hydrogens is 681 g/mol. The van der Waals surface area contributed by atoms with E-state index in [1.54, 1.807) is 0 Å². The van der Waals surface area contributed by atoms with E-state index < -0.39 is 0 Å². The number of hydrogen-bond donors (Lipinski definition) is 0. The van der Waals surface area contributed by atoms with Crippen molar-refractivity contribution in [2.45, 2.75) is 0 Å². The number of hydrogen-bond acceptors (Lipinski definition) is 2. The first kappa shape index (κ1) is 30.9. The zero-order chi connectivity index (χ0) is 36.7. The molecule has 0 saturated heterocycles. The van der Waals surface area contributed by atoms with Crippen LogP contribution in [0.5, 0.6) is 0 Å². The zero-order valence-corrected chi connectivity index (χ0v) is 30.3. The highest BCUT2D eigenvalue weighted by molar-refractivity contribution is 6.26. The van der Waals surface area contributed by atoms with E-state index in [0.717, 1.165) is 43.9 Å². The van der Waals surface area contributed by atoms with Gasteiger partial charge in [-0.2, -0.15) is 0 Å². The molecule has 3 heteroatoms. The van der Waals surface area contributed by atoms with Crippen LogP contribution < -0.4 is 0 Å². The molecule has 0 aliphatic rings. The van der Waals surface area contributed by atoms with Crippen molar-refractivity contribution in [3.63, 3.8) is 0 Å². The van der Waals surface area contributed by atoms with Crippen LogP contribution in [0.25, 0.3) is 115 Å². The van der Waals surface area contributed by atoms with Crippen LogP contribution in [-0.2, 0) is 0 Å². The highest BCUT2D eigenvalue weighted by atomic mass is 16.3. The van der Waals surface area contributed by atoms with E-state index in [2.05, 4.69) is 168 Å². The fraction of sp³-hybridized carbons (Fsp3) is 0. The van der Waals surface area contributed by atoms with E-state index in [9.17, 15) is 0 Å². The molecule has 0 unspecified atom stereocenters. The van der Waals surface area contributed by atoms with Crippen molar-refractivity contribution in [3.8, 4) is 39.4 Å². The highest BCUT2D eigenvalue weighted by Gasteiger charge is 2.22. The van der Waals surface area contributed by atoms with Crippen molar-refractivity contribution in [3.05, 3.63) is 194 Å². The predicted molar refractivity (Wildman–Crippen MR) is 235 cm³/mol. The summed E-state index contributed by atoms with van der Waals surface area (Å²) in [4.78, 5) is 4.89. The Morgan fingerprint density at radius 1 is 0.411 bits per heavy atom. The third-order valence-electron chi connectivity index (χ3n) is 11.6. The van der Waals surface area contributed by atoms with Gasteiger partial charge < -0.3 is 8.98 Å². The molecule has 2 aromatic heterocycles. The molecule has 3 nitrogen and oxygen atoms in total. The molecule has 0 atom stereocenters. The monoisotopic (exact) mass is 712 g/mol. The topological polar surface area (TPSA) is 31.0 Å². The van der Waals surface area contributed by atoms with Crippen LogP contribution in [0.3, 0.4) is 0 Å². The summed E-state index contributed by atoms with van der Waals surface area (Å²) in [7, 11) is 0. The molecule has 12 rings (SSSR count). The third kappa shape index (κ3) is 4.49. The van der Waals surface area contributed by atoms with Gasteiger partial charge in [-0.1, -0.05) is 152 Å². The van der Waals surface area contributed by atoms with Gasteiger partial charge in [0, 0.05) is 33.0 Å². The molecule has 12 aromatic rings. The number of aromatic nitrogens is 2. The second kappa shape index (κ2) is 12.0. The van der Waals surface area contributed by atoms with Gasteiger partial charge in [0.15, 0.2) is 5.58 Å². The SMILES string of the molecule is c1ccc(-c2nc3ccc4ccc5cc(-c6c7ccccc7c(-c7cccc8c9ccccc9n(-c9ccccc9)c78)c7ccccc67)ccc5c4c3o2)cc1. The minimum atomic E-state index is 0.639. The van der Waals surface area contributed by atoms with Gasteiger partial charge in [0.25, 0.3) is 0 Å². The number of oxazole rings is 1. The lowest BCUT2D eigenvalue weighted by atomic mass is 9.85. The minimum absolute atomic E-state index is 0.639. The van der Waals surface area contributed by atoms with Crippen molar-refractivity contribution < 1.29 is 4.42 Å². The fourth-order valence-corrected chi connectivity index (χ4v) is 9.19. The van der Waals surface area contributed by atoms with Crippen LogP contribution in [0.1, 0.15) is 0 Å². The summed E-state index contributed by atoms with van der Waals surface area (Å²) in [5.74, 6) is 0.639. The number of para-hydroxylation sites is 3. The first-order valence-corrected chi connectivity index (χ1v) is 19.1. The molecule has 0 N–H and O–H groups in total. The summed E-state index contributed by atoms with van der Waals surface area (Å²) in [6.07, 6.45) is 0. The highest BCUT2D eigenvalue weighted by Crippen LogP contribution is 2.47. The maximum Gasteiger partial charge on any atom is 0.227 e. The van der Waals surface area contributed by atoms with E-state index in [1.165, 1.54) is 65.6 Å². The molecule has 0 radical (unpaired) electrons. The van der Waals surface area contributed by atoms with Crippen molar-refractivity contribution in [2.24, 2.45) is 0 Å². The standard InChI is InChI=1S/C53H32N2O/c1-3-14-34(15-4-1)53-54-46-31-29-33-26-27-35-32-36(28-30-38(35)49(33)52(46)56-53)48-40-19-7-9-21-42(40)50(43-22-10-8-20-41(43)48)45-24-13-23-44-39-18-11-12-25-47(39)55(51(44)45)37-16-5-2-6-17-37/h1-32H. The molecular formula is C53H32N2O. The van der Waals surface area contributed by atoms with Crippen LogP contribution in [-0.4, -0.2) is 9.55 Å². The van der Waals surface area contributed by atoms with Crippen molar-refractivity contribution in [2.75, 3.05) is 0 Å². The second-order valence-corrected chi connectivity index (χ2v) is 14.6. The van der Waals surface area contributed by atoms with E-state index >= 15 is 0 Å². The molecule has 2 heterocycles. The second-order valence-electron chi connectivity index (χ2n) is 14.6. The summed E-state index contributed by atoms with van der Waals surface area (Å²) in [5.41, 5.74) is 11.1. The number of nitrogens with zero attached hydrogens (tertiary/aromatic N) is 2. The van der Waals surface area contributed by atoms with E-state index in [-0.39, 0.29) is 0 Å². The number of rotatable bonds is 4. The maximum absolute atomic E-state index is 6.53. The summed E-state index contributed by atoms with van der Waals surface area (Å²) in [6.45, 7) is 0. The lowest BCUT2D eigenvalue weighted by Crippen LogP contribution is -1.96. The third-order valence-corrected chi connectivity index (χ3v) is 11.6. The Bertz CT molecular complexity index is 3460. The van der Waals surface area contributed by atoms with Gasteiger partial charge in [0.1, 0.15) is 5.52 Å². The van der Waals surface area contributed by atoms with Crippen LogP contribution in [0, 0.1) is 0 Å². The average molecular weight is 713 g/mol. The lowest BCUT2D eigenvalue weighted by Gasteiger charge is -2.19. The van der Waals surface area contributed by atoms with E-state index in [1.807, 2.05) is 30.3 Å². The average Bonchev–Trinajstić information content (AvgIpc) is 3.86. The van der Waals surface area contributed by atoms with Crippen LogP contribution in [0.2, 0.25) is 0 Å². The molecule has 0 fully saturated rings. The largest absolute Gasteiger partial charge is 0.435 e. The number of benzene rings is 10. The Morgan fingerprint density at radius 2 is 1.02 bits per heavy atom. The molecule has 0 bridgehead atoms. The van der Waals surface area contributed by atoms with Gasteiger partial charge in [-0.05, 0) is 96.9 Å². The van der Waals surface area contributed by atoms with Gasteiger partial charge in [0.2, 0.25) is 5.89 Å². The molecule has 0 aliphatic heterocycles. The summed E-state index contributed by atoms with van der Waals surface area (Å²) >= 11 is 0. The van der Waals surface area contributed by atoms with Crippen LogP contribution in [0.4, 0.5) is 0 Å². The van der Waals surface area contributed by atoms with Gasteiger partial charge in [-0.15, -0.1) is 0 Å². The van der Waals surface area contributed by atoms with Gasteiger partial charge in [-0.25, -0.2) is 4.98 Å². The molecule has 0 spiro atoms. The Labute approximate surface area is 322 Å². The Kier molecular flexibility index (Phi) is 6.63. The van der Waals surface area contributed by atoms with Gasteiger partial charge in [0.05, 0.1) is 11.0 Å². The fourth-order valence-electron chi connectivity index (χ4n) is 9.19. The maximum atomic E-state index is 6.53. The molecule has 10 aromatic carbocycles. The Hall–Kier alpha value is -7.49. The van der Waals surface area contributed by atoms with Crippen molar-refractivity contribution in [1.29, 1.82) is 0 Å². The molecule has 0 aliphatic carbocycles. The van der Waals surface area contributed by atoms with E-state index in [4.69, 9.17) is 9.40 Å². The predicted octanol–water partition coefficient (Wildman–Crippen LogP) is 14.5. The molecule has 260 valence electrons. The van der Waals surface area contributed by atoms with Gasteiger partial charge >= 0.3 is 0 Å². The van der Waals surface area contributed by atoms with Crippen molar-refractivity contribution in [1.82, 2.24) is 9.55 Å². The quantitative estimate of drug-likeness (QED) is 0.134. The summed E-state index contributed by atoms with van der Waals surface area (Å²) < 4.78 is 8.98. The van der Waals surface area contributed by atoms with Gasteiger partial charge in [-0.3, -0.25) is 0 Å². The van der Waals surface area contributed by atoms with E-state index in [0.29, 0.717) is 5.89 Å². The minimum Gasteiger partial charge on any atom is -0.435 e. The van der Waals surface area contributed by atoms with Crippen LogP contribution >= 0.6 is 0 Å². The zero-order valence-electron chi connectivity index (χ0n) is 30.3.